The highest BCUT2D eigenvalue weighted by Crippen LogP contribution is 2.53. The van der Waals surface area contributed by atoms with Crippen molar-refractivity contribution in [3.8, 4) is 0 Å². The Morgan fingerprint density at radius 2 is 1.96 bits per heavy atom. The van der Waals surface area contributed by atoms with E-state index in [1.165, 1.54) is 19.2 Å². The highest BCUT2D eigenvalue weighted by atomic mass is 16.3. The van der Waals surface area contributed by atoms with E-state index in [2.05, 4.69) is 16.8 Å². The fourth-order valence-electron chi connectivity index (χ4n) is 5.47. The first-order chi connectivity index (χ1) is 12.6. The van der Waals surface area contributed by atoms with E-state index in [1.54, 1.807) is 6.92 Å². The number of likely N-dealkylation sites (tertiary alicyclic amines) is 1. The van der Waals surface area contributed by atoms with Crippen LogP contribution in [0.15, 0.2) is 10.8 Å². The maximum absolute atomic E-state index is 13.6. The zero-order chi connectivity index (χ0) is 18.3. The molecule has 1 aromatic rings. The Kier molecular flexibility index (Phi) is 4.53. The van der Waals surface area contributed by atoms with Crippen LogP contribution in [0.2, 0.25) is 0 Å². The quantitative estimate of drug-likeness (QED) is 0.831. The zero-order valence-corrected chi connectivity index (χ0v) is 15.9. The number of hydrogen-bond acceptors (Lipinski definition) is 4. The van der Waals surface area contributed by atoms with Crippen molar-refractivity contribution in [3.63, 3.8) is 0 Å². The second-order valence-electron chi connectivity index (χ2n) is 8.14. The van der Waals surface area contributed by atoms with Gasteiger partial charge in [0.15, 0.2) is 12.1 Å². The van der Waals surface area contributed by atoms with E-state index in [9.17, 15) is 9.59 Å². The van der Waals surface area contributed by atoms with Crippen molar-refractivity contribution in [2.45, 2.75) is 77.3 Å². The fourth-order valence-corrected chi connectivity index (χ4v) is 5.47. The van der Waals surface area contributed by atoms with E-state index in [-0.39, 0.29) is 23.9 Å². The van der Waals surface area contributed by atoms with Crippen LogP contribution < -0.4 is 0 Å². The third-order valence-electron chi connectivity index (χ3n) is 6.87. The summed E-state index contributed by atoms with van der Waals surface area (Å²) >= 11 is 0. The van der Waals surface area contributed by atoms with Crippen molar-refractivity contribution >= 4 is 11.8 Å². The number of aryl methyl sites for hydroxylation is 1. The van der Waals surface area contributed by atoms with Gasteiger partial charge >= 0.3 is 0 Å². The van der Waals surface area contributed by atoms with Crippen molar-refractivity contribution < 1.29 is 14.0 Å². The lowest BCUT2D eigenvalue weighted by molar-refractivity contribution is -0.144. The molecule has 2 amide bonds. The first kappa shape index (κ1) is 17.6. The minimum absolute atomic E-state index is 0.00291. The van der Waals surface area contributed by atoms with Crippen molar-refractivity contribution in [1.29, 1.82) is 0 Å². The average Bonchev–Trinajstić information content (AvgIpc) is 3.27. The summed E-state index contributed by atoms with van der Waals surface area (Å²) in [6.45, 7) is 5.62. The molecule has 3 aliphatic heterocycles. The lowest BCUT2D eigenvalue weighted by atomic mass is 9.70. The predicted octanol–water partition coefficient (Wildman–Crippen LogP) is 3.16. The van der Waals surface area contributed by atoms with E-state index >= 15 is 0 Å². The molecular formula is C20H29N3O3. The van der Waals surface area contributed by atoms with Crippen molar-refractivity contribution in [1.82, 2.24) is 14.8 Å². The van der Waals surface area contributed by atoms with Crippen LogP contribution in [-0.4, -0.2) is 51.8 Å². The van der Waals surface area contributed by atoms with Gasteiger partial charge in [-0.25, -0.2) is 4.98 Å². The molecule has 6 heteroatoms. The molecule has 6 nitrogen and oxygen atoms in total. The molecule has 4 rings (SSSR count). The predicted molar refractivity (Wildman–Crippen MR) is 96.6 cm³/mol. The molecule has 0 radical (unpaired) electrons. The van der Waals surface area contributed by atoms with Gasteiger partial charge < -0.3 is 14.2 Å². The number of carbonyl (C=O) groups is 2. The summed E-state index contributed by atoms with van der Waals surface area (Å²) in [7, 11) is 0. The second kappa shape index (κ2) is 6.71. The van der Waals surface area contributed by atoms with Crippen molar-refractivity contribution in [2.24, 2.45) is 5.41 Å². The van der Waals surface area contributed by atoms with Crippen molar-refractivity contribution in [2.75, 3.05) is 13.1 Å². The maximum Gasteiger partial charge on any atom is 0.276 e. The molecule has 26 heavy (non-hydrogen) atoms. The Morgan fingerprint density at radius 3 is 2.58 bits per heavy atom. The molecule has 3 aliphatic rings. The molecule has 0 unspecified atom stereocenters. The van der Waals surface area contributed by atoms with Crippen LogP contribution in [0.3, 0.4) is 0 Å². The van der Waals surface area contributed by atoms with Crippen LogP contribution in [-0.2, 0) is 4.79 Å². The lowest BCUT2D eigenvalue weighted by Gasteiger charge is -2.39. The molecule has 3 saturated heterocycles. The SMILES string of the molecule is CC[C@@]1(C(=O)N2CCCCCC2)C[C@@H]2CC[C@H]1N2C(=O)c1ncoc1C. The van der Waals surface area contributed by atoms with Gasteiger partial charge in [0.05, 0.1) is 5.41 Å². The van der Waals surface area contributed by atoms with Gasteiger partial charge in [-0.3, -0.25) is 9.59 Å². The summed E-state index contributed by atoms with van der Waals surface area (Å²) in [4.78, 5) is 34.9. The van der Waals surface area contributed by atoms with Crippen molar-refractivity contribution in [3.05, 3.63) is 17.8 Å². The van der Waals surface area contributed by atoms with E-state index < -0.39 is 5.41 Å². The summed E-state index contributed by atoms with van der Waals surface area (Å²) in [6, 6.07) is 0.149. The number of rotatable bonds is 3. The first-order valence-electron chi connectivity index (χ1n) is 10.1. The molecule has 142 valence electrons. The number of hydrogen-bond donors (Lipinski definition) is 0. The van der Waals surface area contributed by atoms with Crippen LogP contribution in [0, 0.1) is 12.3 Å². The number of nitrogens with zero attached hydrogens (tertiary/aromatic N) is 3. The molecule has 3 atom stereocenters. The van der Waals surface area contributed by atoms with Gasteiger partial charge in [-0.1, -0.05) is 19.8 Å². The molecule has 4 heterocycles. The number of carbonyl (C=O) groups excluding carboxylic acids is 2. The first-order valence-corrected chi connectivity index (χ1v) is 10.1. The Morgan fingerprint density at radius 1 is 1.23 bits per heavy atom. The summed E-state index contributed by atoms with van der Waals surface area (Å²) < 4.78 is 5.24. The van der Waals surface area contributed by atoms with Gasteiger partial charge in [0, 0.05) is 25.2 Å². The van der Waals surface area contributed by atoms with E-state index in [0.717, 1.165) is 51.6 Å². The van der Waals surface area contributed by atoms with Gasteiger partial charge in [-0.15, -0.1) is 0 Å². The van der Waals surface area contributed by atoms with Gasteiger partial charge in [0.1, 0.15) is 5.76 Å². The molecule has 1 aromatic heterocycles. The van der Waals surface area contributed by atoms with Gasteiger partial charge in [-0.05, 0) is 45.4 Å². The number of amides is 2. The molecule has 2 bridgehead atoms. The van der Waals surface area contributed by atoms with E-state index in [0.29, 0.717) is 11.5 Å². The zero-order valence-electron chi connectivity index (χ0n) is 15.9. The summed E-state index contributed by atoms with van der Waals surface area (Å²) in [5.41, 5.74) is -0.0170. The van der Waals surface area contributed by atoms with Crippen LogP contribution in [0.5, 0.6) is 0 Å². The second-order valence-corrected chi connectivity index (χ2v) is 8.14. The smallest absolute Gasteiger partial charge is 0.276 e. The molecule has 0 saturated carbocycles. The standard InChI is InChI=1S/C20H29N3O3/c1-3-20(19(25)22-10-6-4-5-7-11-22)12-15-8-9-16(20)23(15)18(24)17-14(2)26-13-21-17/h13,15-16H,3-12H2,1-2H3/t15-,16+,20+/m0/s1. The van der Waals surface area contributed by atoms with E-state index in [1.807, 2.05) is 4.90 Å². The van der Waals surface area contributed by atoms with Gasteiger partial charge in [0.25, 0.3) is 5.91 Å². The number of aromatic nitrogens is 1. The van der Waals surface area contributed by atoms with Crippen LogP contribution >= 0.6 is 0 Å². The largest absolute Gasteiger partial charge is 0.448 e. The van der Waals surface area contributed by atoms with Crippen LogP contribution in [0.4, 0.5) is 0 Å². The molecular weight excluding hydrogens is 330 g/mol. The van der Waals surface area contributed by atoms with Gasteiger partial charge in [0.2, 0.25) is 5.91 Å². The molecule has 0 N–H and O–H groups in total. The minimum Gasteiger partial charge on any atom is -0.448 e. The van der Waals surface area contributed by atoms with Crippen LogP contribution in [0.1, 0.15) is 74.5 Å². The molecule has 0 spiro atoms. The fraction of sp³-hybridized carbons (Fsp3) is 0.750. The lowest BCUT2D eigenvalue weighted by Crippen LogP contribution is -2.51. The topological polar surface area (TPSA) is 66.7 Å². The minimum atomic E-state index is -0.416. The summed E-state index contributed by atoms with van der Waals surface area (Å²) in [5.74, 6) is 0.772. The third kappa shape index (κ3) is 2.57. The average molecular weight is 359 g/mol. The number of fused-ring (bicyclic) bond motifs is 2. The van der Waals surface area contributed by atoms with Gasteiger partial charge in [-0.2, -0.15) is 0 Å². The monoisotopic (exact) mass is 359 g/mol. The summed E-state index contributed by atoms with van der Waals surface area (Å²) in [6.07, 6.45) is 9.45. The maximum atomic E-state index is 13.6. The Bertz CT molecular complexity index is 692. The molecule has 3 fully saturated rings. The normalized spacial score (nSPS) is 31.3. The van der Waals surface area contributed by atoms with E-state index in [4.69, 9.17) is 4.42 Å². The molecule has 0 aromatic carbocycles. The Labute approximate surface area is 154 Å². The summed E-state index contributed by atoms with van der Waals surface area (Å²) in [5, 5.41) is 0. The Hall–Kier alpha value is -1.85. The highest BCUT2D eigenvalue weighted by molar-refractivity contribution is 5.95. The Balaban J connectivity index is 1.61. The molecule has 0 aliphatic carbocycles. The highest BCUT2D eigenvalue weighted by Gasteiger charge is 2.61. The van der Waals surface area contributed by atoms with Crippen LogP contribution in [0.25, 0.3) is 0 Å². The number of oxazole rings is 1. The third-order valence-corrected chi connectivity index (χ3v) is 6.87.